The molecule has 0 aliphatic carbocycles. The van der Waals surface area contributed by atoms with Crippen molar-refractivity contribution in [3.8, 4) is 0 Å². The van der Waals surface area contributed by atoms with Crippen molar-refractivity contribution < 1.29 is 9.59 Å². The predicted octanol–water partition coefficient (Wildman–Crippen LogP) is 3.63. The maximum atomic E-state index is 12.3. The van der Waals surface area contributed by atoms with Crippen molar-refractivity contribution in [2.45, 2.75) is 13.8 Å². The molecule has 2 aromatic rings. The first kappa shape index (κ1) is 15.5. The van der Waals surface area contributed by atoms with E-state index in [2.05, 4.69) is 10.6 Å². The molecule has 0 unspecified atom stereocenters. The van der Waals surface area contributed by atoms with Gasteiger partial charge in [-0.05, 0) is 31.5 Å². The van der Waals surface area contributed by atoms with E-state index in [1.54, 1.807) is 31.3 Å². The zero-order valence-corrected chi connectivity index (χ0v) is 13.5. The molecule has 0 radical (unpaired) electrons. The van der Waals surface area contributed by atoms with Crippen LogP contribution in [-0.4, -0.2) is 18.9 Å². The molecule has 0 atom stereocenters. The molecule has 0 aliphatic rings. The average Bonchev–Trinajstić information content (AvgIpc) is 2.73. The molecule has 2 N–H and O–H groups in total. The van der Waals surface area contributed by atoms with Crippen LogP contribution in [0.3, 0.4) is 0 Å². The molecule has 0 bridgehead atoms. The van der Waals surface area contributed by atoms with E-state index in [1.807, 2.05) is 13.8 Å². The first-order chi connectivity index (χ1) is 9.95. The molecular weight excluding hydrogens is 308 g/mol. The van der Waals surface area contributed by atoms with E-state index in [4.69, 9.17) is 11.6 Å². The highest BCUT2D eigenvalue weighted by Gasteiger charge is 2.21. The Morgan fingerprint density at radius 3 is 2.43 bits per heavy atom. The number of anilines is 1. The van der Waals surface area contributed by atoms with Crippen molar-refractivity contribution in [3.63, 3.8) is 0 Å². The highest BCUT2D eigenvalue weighted by molar-refractivity contribution is 7.16. The van der Waals surface area contributed by atoms with Crippen LogP contribution in [0, 0.1) is 13.8 Å². The summed E-state index contributed by atoms with van der Waals surface area (Å²) in [7, 11) is 1.56. The van der Waals surface area contributed by atoms with Gasteiger partial charge in [0, 0.05) is 11.9 Å². The number of rotatable bonds is 3. The van der Waals surface area contributed by atoms with Crippen molar-refractivity contribution in [2.75, 3.05) is 12.4 Å². The zero-order valence-electron chi connectivity index (χ0n) is 11.9. The molecule has 1 heterocycles. The quantitative estimate of drug-likeness (QED) is 0.906. The minimum atomic E-state index is -0.327. The lowest BCUT2D eigenvalue weighted by atomic mass is 10.1. The van der Waals surface area contributed by atoms with Gasteiger partial charge in [-0.1, -0.05) is 23.7 Å². The summed E-state index contributed by atoms with van der Waals surface area (Å²) in [6, 6.07) is 6.80. The summed E-state index contributed by atoms with van der Waals surface area (Å²) >= 11 is 7.39. The van der Waals surface area contributed by atoms with Crippen LogP contribution >= 0.6 is 22.9 Å². The monoisotopic (exact) mass is 322 g/mol. The molecule has 1 aromatic heterocycles. The van der Waals surface area contributed by atoms with E-state index < -0.39 is 0 Å². The van der Waals surface area contributed by atoms with Crippen LogP contribution in [0.5, 0.6) is 0 Å². The number of amides is 2. The molecule has 4 nitrogen and oxygen atoms in total. The molecule has 21 heavy (non-hydrogen) atoms. The number of carbonyl (C=O) groups excluding carboxylic acids is 2. The second-order valence-corrected chi connectivity index (χ2v) is 6.13. The predicted molar refractivity (Wildman–Crippen MR) is 86.6 cm³/mol. The maximum Gasteiger partial charge on any atom is 0.257 e. The smallest absolute Gasteiger partial charge is 0.257 e. The van der Waals surface area contributed by atoms with Gasteiger partial charge in [-0.3, -0.25) is 9.59 Å². The second-order valence-electron chi connectivity index (χ2n) is 4.50. The second kappa shape index (κ2) is 6.28. The van der Waals surface area contributed by atoms with Crippen LogP contribution in [-0.2, 0) is 0 Å². The lowest BCUT2D eigenvalue weighted by molar-refractivity contribution is 0.0963. The Hall–Kier alpha value is -1.85. The molecule has 0 saturated heterocycles. The van der Waals surface area contributed by atoms with Gasteiger partial charge in [-0.2, -0.15) is 0 Å². The summed E-state index contributed by atoms with van der Waals surface area (Å²) in [6.07, 6.45) is 0. The van der Waals surface area contributed by atoms with Crippen LogP contribution < -0.4 is 10.6 Å². The summed E-state index contributed by atoms with van der Waals surface area (Å²) in [6.45, 7) is 3.78. The van der Waals surface area contributed by atoms with E-state index in [1.165, 1.54) is 11.3 Å². The first-order valence-electron chi connectivity index (χ1n) is 6.33. The third-order valence-corrected chi connectivity index (χ3v) is 4.64. The third kappa shape index (κ3) is 3.09. The number of hydrogen-bond donors (Lipinski definition) is 2. The van der Waals surface area contributed by atoms with Gasteiger partial charge in [0.2, 0.25) is 0 Å². The summed E-state index contributed by atoms with van der Waals surface area (Å²) in [5, 5.41) is 6.28. The van der Waals surface area contributed by atoms with Crippen LogP contribution in [0.2, 0.25) is 5.02 Å². The molecule has 2 rings (SSSR count). The van der Waals surface area contributed by atoms with Gasteiger partial charge >= 0.3 is 0 Å². The van der Waals surface area contributed by atoms with Crippen LogP contribution in [0.25, 0.3) is 0 Å². The van der Waals surface area contributed by atoms with Gasteiger partial charge in [0.05, 0.1) is 16.1 Å². The molecule has 110 valence electrons. The Labute approximate surface area is 132 Å². The SMILES string of the molecule is CNC(=O)c1c(NC(=O)c2ccccc2Cl)sc(C)c1C. The Kier molecular flexibility index (Phi) is 4.65. The number of benzene rings is 1. The Bertz CT molecular complexity index is 710. The molecule has 0 saturated carbocycles. The molecule has 0 aliphatic heterocycles. The van der Waals surface area contributed by atoms with Gasteiger partial charge in [-0.15, -0.1) is 11.3 Å². The minimum Gasteiger partial charge on any atom is -0.355 e. The fourth-order valence-electron chi connectivity index (χ4n) is 1.93. The van der Waals surface area contributed by atoms with Crippen molar-refractivity contribution in [1.29, 1.82) is 0 Å². The lowest BCUT2D eigenvalue weighted by Gasteiger charge is -2.07. The van der Waals surface area contributed by atoms with Crippen LogP contribution in [0.4, 0.5) is 5.00 Å². The number of hydrogen-bond acceptors (Lipinski definition) is 3. The highest BCUT2D eigenvalue weighted by atomic mass is 35.5. The fourth-order valence-corrected chi connectivity index (χ4v) is 3.20. The van der Waals surface area contributed by atoms with Gasteiger partial charge < -0.3 is 10.6 Å². The molecule has 1 aromatic carbocycles. The van der Waals surface area contributed by atoms with Gasteiger partial charge in [0.15, 0.2) is 0 Å². The summed E-state index contributed by atoms with van der Waals surface area (Å²) in [5.74, 6) is -0.543. The maximum absolute atomic E-state index is 12.3. The van der Waals surface area contributed by atoms with Crippen molar-refractivity contribution in [2.24, 2.45) is 0 Å². The van der Waals surface area contributed by atoms with Crippen molar-refractivity contribution in [3.05, 3.63) is 50.9 Å². The minimum absolute atomic E-state index is 0.216. The number of thiophene rings is 1. The molecule has 0 spiro atoms. The van der Waals surface area contributed by atoms with Crippen molar-refractivity contribution >= 4 is 39.8 Å². The summed E-state index contributed by atoms with van der Waals surface area (Å²) in [5.41, 5.74) is 1.75. The summed E-state index contributed by atoms with van der Waals surface area (Å²) < 4.78 is 0. The molecule has 6 heteroatoms. The molecule has 0 fully saturated rings. The third-order valence-electron chi connectivity index (χ3n) is 3.18. The van der Waals surface area contributed by atoms with E-state index in [-0.39, 0.29) is 11.8 Å². The number of nitrogens with one attached hydrogen (secondary N) is 2. The van der Waals surface area contributed by atoms with Gasteiger partial charge in [0.25, 0.3) is 11.8 Å². The number of aryl methyl sites for hydroxylation is 1. The van der Waals surface area contributed by atoms with Crippen LogP contribution in [0.1, 0.15) is 31.2 Å². The van der Waals surface area contributed by atoms with Crippen LogP contribution in [0.15, 0.2) is 24.3 Å². The number of carbonyl (C=O) groups is 2. The van der Waals surface area contributed by atoms with E-state index in [9.17, 15) is 9.59 Å². The van der Waals surface area contributed by atoms with Gasteiger partial charge in [0.1, 0.15) is 5.00 Å². The van der Waals surface area contributed by atoms with E-state index >= 15 is 0 Å². The van der Waals surface area contributed by atoms with Gasteiger partial charge in [-0.25, -0.2) is 0 Å². The topological polar surface area (TPSA) is 58.2 Å². The standard InChI is InChI=1S/C15H15ClN2O2S/c1-8-9(2)21-15(12(8)14(20)17-3)18-13(19)10-6-4-5-7-11(10)16/h4-7H,1-3H3,(H,17,20)(H,18,19). The fraction of sp³-hybridized carbons (Fsp3) is 0.200. The zero-order chi connectivity index (χ0) is 15.6. The average molecular weight is 323 g/mol. The Morgan fingerprint density at radius 2 is 1.81 bits per heavy atom. The normalized spacial score (nSPS) is 10.3. The number of halogens is 1. The lowest BCUT2D eigenvalue weighted by Crippen LogP contribution is -2.21. The highest BCUT2D eigenvalue weighted by Crippen LogP contribution is 2.33. The largest absolute Gasteiger partial charge is 0.355 e. The Morgan fingerprint density at radius 1 is 1.14 bits per heavy atom. The van der Waals surface area contributed by atoms with E-state index in [0.717, 1.165) is 10.4 Å². The van der Waals surface area contributed by atoms with Crippen molar-refractivity contribution in [1.82, 2.24) is 5.32 Å². The Balaban J connectivity index is 2.36. The van der Waals surface area contributed by atoms with E-state index in [0.29, 0.717) is 21.2 Å². The summed E-state index contributed by atoms with van der Waals surface area (Å²) in [4.78, 5) is 25.3. The molecule has 2 amide bonds. The first-order valence-corrected chi connectivity index (χ1v) is 7.53. The molecular formula is C15H15ClN2O2S.